The second-order valence-corrected chi connectivity index (χ2v) is 9.62. The third-order valence-electron chi connectivity index (χ3n) is 5.96. The first-order valence-corrected chi connectivity index (χ1v) is 12.6. The molecule has 182 valence electrons. The van der Waals surface area contributed by atoms with E-state index in [0.29, 0.717) is 37.0 Å². The molecule has 0 N–H and O–H groups in total. The average molecular weight is 519 g/mol. The van der Waals surface area contributed by atoms with E-state index in [4.69, 9.17) is 16.3 Å². The number of aryl methyl sites for hydroxylation is 1. The molecule has 2 aromatic heterocycles. The molecule has 0 amide bonds. The van der Waals surface area contributed by atoms with E-state index in [0.717, 1.165) is 11.3 Å². The summed E-state index contributed by atoms with van der Waals surface area (Å²) in [6.45, 7) is 5.60. The standard InChI is InChI=1S/C27H23ClN4O3S/c1-4-35-26(34)22-17(3)29-27-31(23(22)18-11-7-5-8-12-18)25(33)21(36-27)15-20-16(2)30-32(24(20)28)19-13-9-6-10-14-19/h5-15,23H,4H2,1-3H3/t23-/m0/s1. The summed E-state index contributed by atoms with van der Waals surface area (Å²) in [4.78, 5) is 31.8. The Balaban J connectivity index is 1.70. The van der Waals surface area contributed by atoms with Crippen molar-refractivity contribution in [3.63, 3.8) is 0 Å². The molecule has 2 aromatic carbocycles. The van der Waals surface area contributed by atoms with Gasteiger partial charge in [-0.05, 0) is 44.5 Å². The number of fused-ring (bicyclic) bond motifs is 1. The van der Waals surface area contributed by atoms with Gasteiger partial charge in [0.05, 0.1) is 39.8 Å². The Labute approximate surface area is 216 Å². The zero-order valence-corrected chi connectivity index (χ0v) is 21.5. The predicted octanol–water partition coefficient (Wildman–Crippen LogP) is 3.95. The van der Waals surface area contributed by atoms with Gasteiger partial charge in [-0.15, -0.1) is 0 Å². The van der Waals surface area contributed by atoms with Gasteiger partial charge in [0.2, 0.25) is 0 Å². The molecule has 5 rings (SSSR count). The van der Waals surface area contributed by atoms with Gasteiger partial charge in [-0.3, -0.25) is 9.36 Å². The molecule has 0 bridgehead atoms. The van der Waals surface area contributed by atoms with Gasteiger partial charge >= 0.3 is 5.97 Å². The molecule has 1 atom stereocenters. The fourth-order valence-electron chi connectivity index (χ4n) is 4.29. The molecule has 9 heteroatoms. The number of allylic oxidation sites excluding steroid dienone is 1. The maximum Gasteiger partial charge on any atom is 0.338 e. The molecule has 0 saturated heterocycles. The lowest BCUT2D eigenvalue weighted by molar-refractivity contribution is -0.139. The van der Waals surface area contributed by atoms with Crippen LogP contribution in [0, 0.1) is 6.92 Å². The number of carbonyl (C=O) groups excluding carboxylic acids is 1. The molecule has 4 aromatic rings. The molecule has 7 nitrogen and oxygen atoms in total. The molecule has 0 aliphatic carbocycles. The first kappa shape index (κ1) is 24.0. The number of esters is 1. The number of aromatic nitrogens is 3. The van der Waals surface area contributed by atoms with Crippen molar-refractivity contribution in [3.05, 3.63) is 114 Å². The summed E-state index contributed by atoms with van der Waals surface area (Å²) < 4.78 is 9.00. The number of hydrogen-bond donors (Lipinski definition) is 0. The number of hydrogen-bond acceptors (Lipinski definition) is 6. The number of nitrogens with zero attached hydrogens (tertiary/aromatic N) is 4. The molecule has 0 saturated carbocycles. The summed E-state index contributed by atoms with van der Waals surface area (Å²) in [5.74, 6) is -0.482. The zero-order valence-electron chi connectivity index (χ0n) is 19.9. The number of rotatable bonds is 5. The molecule has 3 heterocycles. The third-order valence-corrected chi connectivity index (χ3v) is 7.30. The van der Waals surface area contributed by atoms with Gasteiger partial charge in [-0.25, -0.2) is 14.5 Å². The molecular weight excluding hydrogens is 496 g/mol. The van der Waals surface area contributed by atoms with Gasteiger partial charge in [0.1, 0.15) is 5.15 Å². The van der Waals surface area contributed by atoms with E-state index >= 15 is 0 Å². The maximum absolute atomic E-state index is 13.8. The lowest BCUT2D eigenvalue weighted by Crippen LogP contribution is -2.39. The van der Waals surface area contributed by atoms with Crippen LogP contribution >= 0.6 is 22.9 Å². The second kappa shape index (κ2) is 9.72. The molecule has 0 fully saturated rings. The van der Waals surface area contributed by atoms with E-state index < -0.39 is 12.0 Å². The van der Waals surface area contributed by atoms with Crippen LogP contribution in [-0.2, 0) is 9.53 Å². The monoisotopic (exact) mass is 518 g/mol. The molecule has 1 aliphatic heterocycles. The van der Waals surface area contributed by atoms with Gasteiger partial charge in [0.25, 0.3) is 5.56 Å². The van der Waals surface area contributed by atoms with Crippen LogP contribution in [0.4, 0.5) is 0 Å². The zero-order chi connectivity index (χ0) is 25.4. The molecule has 36 heavy (non-hydrogen) atoms. The minimum absolute atomic E-state index is 0.227. The van der Waals surface area contributed by atoms with E-state index in [9.17, 15) is 9.59 Å². The van der Waals surface area contributed by atoms with Crippen molar-refractivity contribution < 1.29 is 9.53 Å². The number of thiazole rings is 1. The van der Waals surface area contributed by atoms with Crippen LogP contribution in [0.15, 0.2) is 81.7 Å². The van der Waals surface area contributed by atoms with Gasteiger partial charge in [-0.1, -0.05) is 71.5 Å². The highest BCUT2D eigenvalue weighted by Crippen LogP contribution is 2.30. The quantitative estimate of drug-likeness (QED) is 0.375. The van der Waals surface area contributed by atoms with Crippen LogP contribution in [0.3, 0.4) is 0 Å². The van der Waals surface area contributed by atoms with Gasteiger partial charge in [0, 0.05) is 5.56 Å². The van der Waals surface area contributed by atoms with Crippen molar-refractivity contribution in [1.82, 2.24) is 14.3 Å². The fourth-order valence-corrected chi connectivity index (χ4v) is 5.64. The minimum atomic E-state index is -0.646. The van der Waals surface area contributed by atoms with Crippen LogP contribution in [-0.4, -0.2) is 26.9 Å². The van der Waals surface area contributed by atoms with Crippen LogP contribution in [0.25, 0.3) is 11.8 Å². The van der Waals surface area contributed by atoms with E-state index in [1.54, 1.807) is 29.2 Å². The first-order chi connectivity index (χ1) is 17.4. The highest BCUT2D eigenvalue weighted by molar-refractivity contribution is 7.07. The van der Waals surface area contributed by atoms with E-state index in [1.165, 1.54) is 11.3 Å². The third kappa shape index (κ3) is 4.12. The molecule has 0 spiro atoms. The Kier molecular flexibility index (Phi) is 6.47. The van der Waals surface area contributed by atoms with E-state index in [-0.39, 0.29) is 12.2 Å². The topological polar surface area (TPSA) is 78.5 Å². The molecule has 0 radical (unpaired) electrons. The SMILES string of the molecule is CCOC(=O)C1=C(C)N=c2sc(=Cc3c(C)nn(-c4ccccc4)c3Cl)c(=O)n2[C@H]1c1ccccc1. The predicted molar refractivity (Wildman–Crippen MR) is 140 cm³/mol. The van der Waals surface area contributed by atoms with Crippen LogP contribution in [0.1, 0.15) is 36.7 Å². The number of para-hydroxylation sites is 1. The van der Waals surface area contributed by atoms with Crippen molar-refractivity contribution in [2.75, 3.05) is 6.61 Å². The van der Waals surface area contributed by atoms with E-state index in [1.807, 2.05) is 67.6 Å². The number of ether oxygens (including phenoxy) is 1. The highest BCUT2D eigenvalue weighted by atomic mass is 35.5. The summed E-state index contributed by atoms with van der Waals surface area (Å²) in [6, 6.07) is 18.4. The molecule has 1 aliphatic rings. The Morgan fingerprint density at radius 1 is 1.11 bits per heavy atom. The Morgan fingerprint density at radius 3 is 2.44 bits per heavy atom. The van der Waals surface area contributed by atoms with Crippen molar-refractivity contribution in [3.8, 4) is 5.69 Å². The Morgan fingerprint density at radius 2 is 1.78 bits per heavy atom. The first-order valence-electron chi connectivity index (χ1n) is 11.5. The van der Waals surface area contributed by atoms with Crippen LogP contribution in [0.2, 0.25) is 5.15 Å². The summed E-state index contributed by atoms with van der Waals surface area (Å²) in [5, 5.41) is 4.98. The van der Waals surface area contributed by atoms with Crippen molar-refractivity contribution in [2.24, 2.45) is 4.99 Å². The Bertz CT molecular complexity index is 1670. The van der Waals surface area contributed by atoms with Gasteiger partial charge in [0.15, 0.2) is 4.80 Å². The number of carbonyl (C=O) groups is 1. The fraction of sp³-hybridized carbons (Fsp3) is 0.185. The summed E-state index contributed by atoms with van der Waals surface area (Å²) in [7, 11) is 0. The van der Waals surface area contributed by atoms with Crippen LogP contribution < -0.4 is 14.9 Å². The van der Waals surface area contributed by atoms with E-state index in [2.05, 4.69) is 10.1 Å². The normalized spacial score (nSPS) is 15.6. The largest absolute Gasteiger partial charge is 0.463 e. The minimum Gasteiger partial charge on any atom is -0.463 e. The molecule has 0 unspecified atom stereocenters. The van der Waals surface area contributed by atoms with Crippen molar-refractivity contribution in [1.29, 1.82) is 0 Å². The summed E-state index contributed by atoms with van der Waals surface area (Å²) in [5.41, 5.74) is 3.60. The summed E-state index contributed by atoms with van der Waals surface area (Å²) in [6.07, 6.45) is 1.75. The van der Waals surface area contributed by atoms with Gasteiger partial charge < -0.3 is 4.74 Å². The number of benzene rings is 2. The Hall–Kier alpha value is -3.75. The maximum atomic E-state index is 13.8. The smallest absolute Gasteiger partial charge is 0.338 e. The summed E-state index contributed by atoms with van der Waals surface area (Å²) >= 11 is 7.97. The van der Waals surface area contributed by atoms with Gasteiger partial charge in [-0.2, -0.15) is 5.10 Å². The molecular formula is C27H23ClN4O3S. The van der Waals surface area contributed by atoms with Crippen molar-refractivity contribution in [2.45, 2.75) is 26.8 Å². The lowest BCUT2D eigenvalue weighted by atomic mass is 9.96. The second-order valence-electron chi connectivity index (χ2n) is 8.25. The van der Waals surface area contributed by atoms with Crippen molar-refractivity contribution >= 4 is 35.0 Å². The lowest BCUT2D eigenvalue weighted by Gasteiger charge is -2.24. The number of halogens is 1. The highest BCUT2D eigenvalue weighted by Gasteiger charge is 2.33. The van der Waals surface area contributed by atoms with Crippen LogP contribution in [0.5, 0.6) is 0 Å². The average Bonchev–Trinajstić information content (AvgIpc) is 3.34.